The lowest BCUT2D eigenvalue weighted by atomic mass is 9.80. The smallest absolute Gasteiger partial charge is 0.0940 e. The Bertz CT molecular complexity index is 449. The molecule has 0 amide bonds. The van der Waals surface area contributed by atoms with E-state index in [1.807, 2.05) is 12.1 Å². The summed E-state index contributed by atoms with van der Waals surface area (Å²) in [6, 6.07) is 3.86. The number of rotatable bonds is 2. The second kappa shape index (κ2) is 5.48. The van der Waals surface area contributed by atoms with Gasteiger partial charge < -0.3 is 15.2 Å². The molecule has 0 radical (unpaired) electrons. The molecule has 3 unspecified atom stereocenters. The van der Waals surface area contributed by atoms with Crippen LogP contribution in [0.15, 0.2) is 22.8 Å². The summed E-state index contributed by atoms with van der Waals surface area (Å²) in [5, 5.41) is 0. The van der Waals surface area contributed by atoms with Gasteiger partial charge in [0.15, 0.2) is 0 Å². The SMILES string of the molecule is NC(c1ncccc1Br)C1CCOC2(CCOC2)C1. The van der Waals surface area contributed by atoms with Crippen LogP contribution in [0.5, 0.6) is 0 Å². The third kappa shape index (κ3) is 2.70. The lowest BCUT2D eigenvalue weighted by molar-refractivity contribution is -0.101. The van der Waals surface area contributed by atoms with Gasteiger partial charge in [-0.3, -0.25) is 4.98 Å². The van der Waals surface area contributed by atoms with Crippen molar-refractivity contribution in [1.82, 2.24) is 4.98 Å². The monoisotopic (exact) mass is 326 g/mol. The molecule has 3 rings (SSSR count). The molecule has 2 aliphatic heterocycles. The highest BCUT2D eigenvalue weighted by Crippen LogP contribution is 2.40. The second-order valence-electron chi connectivity index (χ2n) is 5.48. The van der Waals surface area contributed by atoms with Gasteiger partial charge in [-0.2, -0.15) is 0 Å². The first-order valence-electron chi connectivity index (χ1n) is 6.78. The molecule has 0 saturated carbocycles. The zero-order chi connectivity index (χ0) is 13.3. The van der Waals surface area contributed by atoms with E-state index >= 15 is 0 Å². The Morgan fingerprint density at radius 2 is 2.37 bits per heavy atom. The van der Waals surface area contributed by atoms with E-state index in [9.17, 15) is 0 Å². The van der Waals surface area contributed by atoms with Crippen molar-refractivity contribution in [3.8, 4) is 0 Å². The van der Waals surface area contributed by atoms with Crippen LogP contribution in [0.4, 0.5) is 0 Å². The maximum absolute atomic E-state index is 6.43. The summed E-state index contributed by atoms with van der Waals surface area (Å²) in [7, 11) is 0. The molecule has 4 nitrogen and oxygen atoms in total. The summed E-state index contributed by atoms with van der Waals surface area (Å²) in [6.07, 6.45) is 4.75. The predicted molar refractivity (Wildman–Crippen MR) is 75.7 cm³/mol. The van der Waals surface area contributed by atoms with E-state index < -0.39 is 0 Å². The van der Waals surface area contributed by atoms with Crippen molar-refractivity contribution >= 4 is 15.9 Å². The summed E-state index contributed by atoms with van der Waals surface area (Å²) >= 11 is 3.54. The van der Waals surface area contributed by atoms with Crippen LogP contribution in [-0.2, 0) is 9.47 Å². The zero-order valence-corrected chi connectivity index (χ0v) is 12.4. The summed E-state index contributed by atoms with van der Waals surface area (Å²) < 4.78 is 12.5. The highest BCUT2D eigenvalue weighted by molar-refractivity contribution is 9.10. The molecular weight excluding hydrogens is 308 g/mol. The third-order valence-corrected chi connectivity index (χ3v) is 4.88. The van der Waals surface area contributed by atoms with E-state index in [4.69, 9.17) is 15.2 Å². The van der Waals surface area contributed by atoms with Gasteiger partial charge in [0.2, 0.25) is 0 Å². The molecular formula is C14H19BrN2O2. The lowest BCUT2D eigenvalue weighted by Crippen LogP contribution is -2.43. The standard InChI is InChI=1S/C14H19BrN2O2/c15-11-2-1-5-17-13(11)12(16)10-3-6-19-14(8-10)4-7-18-9-14/h1-2,5,10,12H,3-4,6-9,16H2. The fourth-order valence-electron chi connectivity index (χ4n) is 3.10. The van der Waals surface area contributed by atoms with Crippen LogP contribution in [0.3, 0.4) is 0 Å². The molecule has 0 aliphatic carbocycles. The molecule has 2 saturated heterocycles. The Labute approximate surface area is 121 Å². The first-order chi connectivity index (χ1) is 9.20. The fraction of sp³-hybridized carbons (Fsp3) is 0.643. The van der Waals surface area contributed by atoms with Gasteiger partial charge in [-0.1, -0.05) is 0 Å². The van der Waals surface area contributed by atoms with Crippen molar-refractivity contribution < 1.29 is 9.47 Å². The van der Waals surface area contributed by atoms with Crippen LogP contribution < -0.4 is 5.73 Å². The summed E-state index contributed by atoms with van der Waals surface area (Å²) in [4.78, 5) is 4.42. The van der Waals surface area contributed by atoms with Gasteiger partial charge in [-0.25, -0.2) is 0 Å². The minimum Gasteiger partial charge on any atom is -0.378 e. The van der Waals surface area contributed by atoms with Gasteiger partial charge in [-0.15, -0.1) is 0 Å². The van der Waals surface area contributed by atoms with Gasteiger partial charge >= 0.3 is 0 Å². The third-order valence-electron chi connectivity index (χ3n) is 4.21. The Kier molecular flexibility index (Phi) is 3.89. The zero-order valence-electron chi connectivity index (χ0n) is 10.8. The van der Waals surface area contributed by atoms with Gasteiger partial charge in [-0.05, 0) is 46.8 Å². The molecule has 19 heavy (non-hydrogen) atoms. The van der Waals surface area contributed by atoms with Crippen molar-refractivity contribution in [2.75, 3.05) is 19.8 Å². The minimum absolute atomic E-state index is 0.0445. The number of nitrogens with two attached hydrogens (primary N) is 1. The van der Waals surface area contributed by atoms with E-state index in [2.05, 4.69) is 20.9 Å². The van der Waals surface area contributed by atoms with Crippen molar-refractivity contribution in [2.24, 2.45) is 11.7 Å². The first-order valence-corrected chi connectivity index (χ1v) is 7.57. The average Bonchev–Trinajstić information content (AvgIpc) is 2.86. The van der Waals surface area contributed by atoms with E-state index in [0.717, 1.165) is 42.6 Å². The fourth-order valence-corrected chi connectivity index (χ4v) is 3.62. The number of pyridine rings is 1. The average molecular weight is 327 g/mol. The number of halogens is 1. The minimum atomic E-state index is -0.0954. The summed E-state index contributed by atoms with van der Waals surface area (Å²) in [6.45, 7) is 2.28. The number of nitrogens with zero attached hydrogens (tertiary/aromatic N) is 1. The molecule has 2 aliphatic rings. The maximum Gasteiger partial charge on any atom is 0.0940 e. The molecule has 0 bridgehead atoms. The lowest BCUT2D eigenvalue weighted by Gasteiger charge is -2.39. The summed E-state index contributed by atoms with van der Waals surface area (Å²) in [5.41, 5.74) is 7.28. The van der Waals surface area contributed by atoms with Crippen molar-refractivity contribution in [1.29, 1.82) is 0 Å². The molecule has 1 aromatic heterocycles. The molecule has 1 spiro atoms. The second-order valence-corrected chi connectivity index (χ2v) is 6.34. The molecule has 3 heterocycles. The molecule has 3 atom stereocenters. The van der Waals surface area contributed by atoms with Gasteiger partial charge in [0.25, 0.3) is 0 Å². The summed E-state index contributed by atoms with van der Waals surface area (Å²) in [5.74, 6) is 0.404. The number of hydrogen-bond donors (Lipinski definition) is 1. The Hall–Kier alpha value is -0.490. The van der Waals surface area contributed by atoms with Crippen LogP contribution in [0, 0.1) is 5.92 Å². The largest absolute Gasteiger partial charge is 0.378 e. The Morgan fingerprint density at radius 1 is 1.47 bits per heavy atom. The molecule has 0 aromatic carbocycles. The molecule has 2 fully saturated rings. The Morgan fingerprint density at radius 3 is 3.11 bits per heavy atom. The van der Waals surface area contributed by atoms with E-state index in [-0.39, 0.29) is 11.6 Å². The molecule has 1 aromatic rings. The van der Waals surface area contributed by atoms with Crippen LogP contribution in [-0.4, -0.2) is 30.4 Å². The van der Waals surface area contributed by atoms with Gasteiger partial charge in [0, 0.05) is 30.3 Å². The van der Waals surface area contributed by atoms with Crippen LogP contribution >= 0.6 is 15.9 Å². The van der Waals surface area contributed by atoms with Crippen LogP contribution in [0.1, 0.15) is 31.0 Å². The molecule has 5 heteroatoms. The topological polar surface area (TPSA) is 57.4 Å². The highest BCUT2D eigenvalue weighted by Gasteiger charge is 2.43. The first kappa shape index (κ1) is 13.5. The number of hydrogen-bond acceptors (Lipinski definition) is 4. The van der Waals surface area contributed by atoms with Crippen molar-refractivity contribution in [3.63, 3.8) is 0 Å². The van der Waals surface area contributed by atoms with E-state index in [0.29, 0.717) is 12.5 Å². The van der Waals surface area contributed by atoms with E-state index in [1.54, 1.807) is 6.20 Å². The van der Waals surface area contributed by atoms with Crippen LogP contribution in [0.25, 0.3) is 0 Å². The van der Waals surface area contributed by atoms with Crippen LogP contribution in [0.2, 0.25) is 0 Å². The van der Waals surface area contributed by atoms with Crippen molar-refractivity contribution in [3.05, 3.63) is 28.5 Å². The normalized spacial score (nSPS) is 32.6. The Balaban J connectivity index is 1.76. The number of ether oxygens (including phenoxy) is 2. The van der Waals surface area contributed by atoms with Gasteiger partial charge in [0.05, 0.1) is 23.9 Å². The number of aromatic nitrogens is 1. The maximum atomic E-state index is 6.43. The molecule has 104 valence electrons. The van der Waals surface area contributed by atoms with E-state index in [1.165, 1.54) is 0 Å². The predicted octanol–water partition coefficient (Wildman–Crippen LogP) is 2.43. The highest BCUT2D eigenvalue weighted by atomic mass is 79.9. The van der Waals surface area contributed by atoms with Crippen molar-refractivity contribution in [2.45, 2.75) is 30.9 Å². The molecule has 2 N–H and O–H groups in total. The quantitative estimate of drug-likeness (QED) is 0.906. The van der Waals surface area contributed by atoms with Gasteiger partial charge in [0.1, 0.15) is 0 Å².